The average molecular weight is 469 g/mol. The molecule has 186 valence electrons. The average Bonchev–Trinajstić information content (AvgIpc) is 2.79. The van der Waals surface area contributed by atoms with E-state index >= 15 is 0 Å². The van der Waals surface area contributed by atoms with Gasteiger partial charge in [-0.3, -0.25) is 0 Å². The van der Waals surface area contributed by atoms with E-state index in [4.69, 9.17) is 4.74 Å². The largest absolute Gasteiger partial charge is 0.491 e. The van der Waals surface area contributed by atoms with Gasteiger partial charge in [0.15, 0.2) is 11.6 Å². The van der Waals surface area contributed by atoms with E-state index in [1.807, 2.05) is 6.08 Å². The number of ether oxygens (including phenoxy) is 1. The molecule has 3 rings (SSSR count). The molecule has 2 fully saturated rings. The lowest BCUT2D eigenvalue weighted by Crippen LogP contribution is -2.17. The molecule has 0 aromatic heterocycles. The fraction of sp³-hybridized carbons (Fsp3) is 0.714. The second-order valence-electron chi connectivity index (χ2n) is 10.2. The first-order valence-corrected chi connectivity index (χ1v) is 13.0. The van der Waals surface area contributed by atoms with Crippen molar-refractivity contribution in [2.45, 2.75) is 97.1 Å². The topological polar surface area (TPSA) is 9.23 Å². The van der Waals surface area contributed by atoms with Gasteiger partial charge in [0, 0.05) is 0 Å². The van der Waals surface area contributed by atoms with Crippen LogP contribution in [0.15, 0.2) is 18.2 Å². The maximum absolute atomic E-state index is 14.5. The van der Waals surface area contributed by atoms with Gasteiger partial charge in [-0.2, -0.15) is 13.2 Å². The molecule has 0 saturated heterocycles. The van der Waals surface area contributed by atoms with Gasteiger partial charge in [0.2, 0.25) is 0 Å². The van der Waals surface area contributed by atoms with Gasteiger partial charge in [-0.1, -0.05) is 76.5 Å². The first kappa shape index (κ1) is 26.1. The summed E-state index contributed by atoms with van der Waals surface area (Å²) in [5.41, 5.74) is -1.35. The predicted octanol–water partition coefficient (Wildman–Crippen LogP) is 9.45. The van der Waals surface area contributed by atoms with Gasteiger partial charge in [-0.15, -0.1) is 0 Å². The molecule has 1 aromatic carbocycles. The third kappa shape index (κ3) is 7.48. The molecular formula is C28H40F4O. The number of hydrogen-bond acceptors (Lipinski definition) is 1. The maximum atomic E-state index is 14.5. The minimum atomic E-state index is -4.76. The van der Waals surface area contributed by atoms with Crippen molar-refractivity contribution in [3.8, 4) is 5.75 Å². The number of hydrogen-bond donors (Lipinski definition) is 0. The fourth-order valence-electron chi connectivity index (χ4n) is 5.86. The summed E-state index contributed by atoms with van der Waals surface area (Å²) in [6.07, 6.45) is 13.8. The van der Waals surface area contributed by atoms with E-state index in [-0.39, 0.29) is 23.8 Å². The summed E-state index contributed by atoms with van der Waals surface area (Å²) in [6, 6.07) is 2.61. The van der Waals surface area contributed by atoms with Crippen LogP contribution in [0, 0.1) is 29.5 Å². The highest BCUT2D eigenvalue weighted by atomic mass is 19.4. The predicted molar refractivity (Wildman–Crippen MR) is 127 cm³/mol. The number of alkyl halides is 3. The standard InChI is InChI=1S/C28H40F4O/c1-3-5-20-6-8-21(9-7-20)10-11-22-12-14-23(15-13-22)16-17-24-18-19-25(33-4-2)27(29)26(24)28(30,31)32/h16-23H,3-15H2,1-2H3. The van der Waals surface area contributed by atoms with Crippen molar-refractivity contribution in [1.29, 1.82) is 0 Å². The van der Waals surface area contributed by atoms with Crippen molar-refractivity contribution in [1.82, 2.24) is 0 Å². The lowest BCUT2D eigenvalue weighted by molar-refractivity contribution is -0.140. The molecule has 2 aliphatic rings. The molecule has 0 amide bonds. The van der Waals surface area contributed by atoms with Crippen LogP contribution in [0.4, 0.5) is 17.6 Å². The Morgan fingerprint density at radius 2 is 1.39 bits per heavy atom. The minimum absolute atomic E-state index is 0.118. The summed E-state index contributed by atoms with van der Waals surface area (Å²) in [7, 11) is 0. The van der Waals surface area contributed by atoms with Crippen LogP contribution < -0.4 is 4.74 Å². The zero-order valence-corrected chi connectivity index (χ0v) is 20.2. The van der Waals surface area contributed by atoms with Crippen molar-refractivity contribution in [3.63, 3.8) is 0 Å². The van der Waals surface area contributed by atoms with Crippen LogP contribution in [-0.2, 0) is 6.18 Å². The van der Waals surface area contributed by atoms with Crippen LogP contribution in [0.2, 0.25) is 0 Å². The minimum Gasteiger partial charge on any atom is -0.491 e. The van der Waals surface area contributed by atoms with E-state index in [0.717, 1.165) is 43.4 Å². The quantitative estimate of drug-likeness (QED) is 0.328. The highest BCUT2D eigenvalue weighted by Crippen LogP contribution is 2.40. The Kier molecular flexibility index (Phi) is 9.69. The summed E-state index contributed by atoms with van der Waals surface area (Å²) >= 11 is 0. The van der Waals surface area contributed by atoms with E-state index in [1.54, 1.807) is 6.92 Å². The molecule has 1 aromatic rings. The summed E-state index contributed by atoms with van der Waals surface area (Å²) in [6.45, 7) is 4.02. The first-order valence-electron chi connectivity index (χ1n) is 13.0. The van der Waals surface area contributed by atoms with E-state index < -0.39 is 17.6 Å². The van der Waals surface area contributed by atoms with Gasteiger partial charge in [0.1, 0.15) is 5.56 Å². The van der Waals surface area contributed by atoms with E-state index in [9.17, 15) is 17.6 Å². The molecular weight excluding hydrogens is 428 g/mol. The maximum Gasteiger partial charge on any atom is 0.419 e. The normalized spacial score (nSPS) is 26.6. The molecule has 2 saturated carbocycles. The highest BCUT2D eigenvalue weighted by molar-refractivity contribution is 5.57. The van der Waals surface area contributed by atoms with Crippen LogP contribution in [0.3, 0.4) is 0 Å². The van der Waals surface area contributed by atoms with Gasteiger partial charge in [-0.05, 0) is 67.9 Å². The number of rotatable bonds is 9. The summed E-state index contributed by atoms with van der Waals surface area (Å²) in [4.78, 5) is 0. The molecule has 33 heavy (non-hydrogen) atoms. The van der Waals surface area contributed by atoms with Crippen LogP contribution in [0.5, 0.6) is 5.75 Å². The Labute approximate surface area is 197 Å². The van der Waals surface area contributed by atoms with Crippen molar-refractivity contribution in [3.05, 3.63) is 35.2 Å². The van der Waals surface area contributed by atoms with Crippen molar-refractivity contribution in [2.24, 2.45) is 23.7 Å². The molecule has 2 aliphatic carbocycles. The summed E-state index contributed by atoms with van der Waals surface area (Å²) in [5, 5.41) is 0. The smallest absolute Gasteiger partial charge is 0.419 e. The van der Waals surface area contributed by atoms with E-state index in [1.165, 1.54) is 69.6 Å². The Morgan fingerprint density at radius 3 is 1.91 bits per heavy atom. The first-order chi connectivity index (χ1) is 15.8. The molecule has 0 aliphatic heterocycles. The molecule has 0 spiro atoms. The van der Waals surface area contributed by atoms with Crippen LogP contribution in [0.1, 0.15) is 102 Å². The number of allylic oxidation sites excluding steroid dienone is 1. The molecule has 1 nitrogen and oxygen atoms in total. The molecule has 0 bridgehead atoms. The zero-order chi connectivity index (χ0) is 23.8. The molecule has 0 radical (unpaired) electrons. The monoisotopic (exact) mass is 468 g/mol. The lowest BCUT2D eigenvalue weighted by atomic mass is 9.75. The van der Waals surface area contributed by atoms with Crippen molar-refractivity contribution in [2.75, 3.05) is 6.61 Å². The van der Waals surface area contributed by atoms with Crippen molar-refractivity contribution >= 4 is 6.08 Å². The molecule has 0 heterocycles. The Balaban J connectivity index is 1.49. The van der Waals surface area contributed by atoms with Gasteiger partial charge in [0.05, 0.1) is 6.61 Å². The molecule has 5 heteroatoms. The zero-order valence-electron chi connectivity index (χ0n) is 20.2. The van der Waals surface area contributed by atoms with Gasteiger partial charge >= 0.3 is 6.18 Å². The third-order valence-electron chi connectivity index (χ3n) is 7.81. The fourth-order valence-corrected chi connectivity index (χ4v) is 5.86. The molecule has 0 atom stereocenters. The molecule has 0 unspecified atom stereocenters. The van der Waals surface area contributed by atoms with Crippen molar-refractivity contribution < 1.29 is 22.3 Å². The molecule has 0 N–H and O–H groups in total. The Morgan fingerprint density at radius 1 is 0.848 bits per heavy atom. The van der Waals surface area contributed by atoms with Gasteiger partial charge < -0.3 is 4.74 Å². The lowest BCUT2D eigenvalue weighted by Gasteiger charge is -2.31. The number of benzene rings is 1. The summed E-state index contributed by atoms with van der Waals surface area (Å²) in [5.74, 6) is 1.19. The van der Waals surface area contributed by atoms with Gasteiger partial charge in [-0.25, -0.2) is 4.39 Å². The van der Waals surface area contributed by atoms with Crippen LogP contribution in [-0.4, -0.2) is 6.61 Å². The third-order valence-corrected chi connectivity index (χ3v) is 7.81. The Bertz CT molecular complexity index is 754. The SMILES string of the molecule is CCCC1CCC(CCC2CCC(C=Cc3ccc(OCC)c(F)c3C(F)(F)F)CC2)CC1. The highest BCUT2D eigenvalue weighted by Gasteiger charge is 2.38. The Hall–Kier alpha value is -1.52. The van der Waals surface area contributed by atoms with E-state index in [2.05, 4.69) is 6.92 Å². The van der Waals surface area contributed by atoms with E-state index in [0.29, 0.717) is 0 Å². The van der Waals surface area contributed by atoms with Crippen LogP contribution in [0.25, 0.3) is 6.08 Å². The van der Waals surface area contributed by atoms with Crippen LogP contribution >= 0.6 is 0 Å². The van der Waals surface area contributed by atoms with Gasteiger partial charge in [0.25, 0.3) is 0 Å². The number of halogens is 4. The second kappa shape index (κ2) is 12.3. The summed E-state index contributed by atoms with van der Waals surface area (Å²) < 4.78 is 60.0. The second-order valence-corrected chi connectivity index (χ2v) is 10.2.